The summed E-state index contributed by atoms with van der Waals surface area (Å²) in [4.78, 5) is 14.1. The summed E-state index contributed by atoms with van der Waals surface area (Å²) in [5.41, 5.74) is 2.37. The van der Waals surface area contributed by atoms with Crippen LogP contribution in [-0.4, -0.2) is 42.3 Å². The number of halogens is 1. The minimum Gasteiger partial charge on any atom is -0.445 e. The average Bonchev–Trinajstić information content (AvgIpc) is 3.57. The molecule has 2 unspecified atom stereocenters. The monoisotopic (exact) mass is 438 g/mol. The fourth-order valence-electron chi connectivity index (χ4n) is 4.41. The third kappa shape index (κ3) is 5.69. The van der Waals surface area contributed by atoms with E-state index in [4.69, 9.17) is 4.74 Å². The van der Waals surface area contributed by atoms with Crippen molar-refractivity contribution in [2.45, 2.75) is 69.7 Å². The van der Waals surface area contributed by atoms with Gasteiger partial charge in [0.25, 0.3) is 0 Å². The van der Waals surface area contributed by atoms with E-state index < -0.39 is 5.67 Å². The number of carbonyl (C=O) groups excluding carboxylic acids is 1. The van der Waals surface area contributed by atoms with Crippen molar-refractivity contribution in [1.82, 2.24) is 10.2 Å². The lowest BCUT2D eigenvalue weighted by atomic mass is 9.87. The number of hydrogen-bond donors (Lipinski definition) is 1. The summed E-state index contributed by atoms with van der Waals surface area (Å²) in [5, 5.41) is 3.41. The highest BCUT2D eigenvalue weighted by Gasteiger charge is 2.42. The summed E-state index contributed by atoms with van der Waals surface area (Å²) in [5.74, 6) is 0.493. The molecule has 4 rings (SSSR count). The quantitative estimate of drug-likeness (QED) is 0.641. The zero-order valence-corrected chi connectivity index (χ0v) is 19.4. The molecule has 2 aromatic carbocycles. The van der Waals surface area contributed by atoms with Crippen molar-refractivity contribution in [2.75, 3.05) is 19.6 Å². The number of alkyl halides is 1. The highest BCUT2D eigenvalue weighted by atomic mass is 19.1. The lowest BCUT2D eigenvalue weighted by Crippen LogP contribution is -2.49. The van der Waals surface area contributed by atoms with Gasteiger partial charge in [-0.25, -0.2) is 9.18 Å². The molecule has 5 heteroatoms. The summed E-state index contributed by atoms with van der Waals surface area (Å²) in [6.07, 6.45) is 1.40. The molecule has 1 N–H and O–H groups in total. The lowest BCUT2D eigenvalue weighted by molar-refractivity contribution is 0.0408. The molecule has 2 aliphatic rings. The van der Waals surface area contributed by atoms with Crippen LogP contribution in [0.4, 0.5) is 9.18 Å². The van der Waals surface area contributed by atoms with E-state index >= 15 is 4.39 Å². The number of hydrogen-bond acceptors (Lipinski definition) is 3. The van der Waals surface area contributed by atoms with Crippen LogP contribution in [0.15, 0.2) is 54.6 Å². The van der Waals surface area contributed by atoms with Gasteiger partial charge in [-0.3, -0.25) is 0 Å². The first-order valence-electron chi connectivity index (χ1n) is 11.7. The number of amides is 1. The Labute approximate surface area is 191 Å². The van der Waals surface area contributed by atoms with E-state index in [0.29, 0.717) is 44.4 Å². The summed E-state index contributed by atoms with van der Waals surface area (Å²) < 4.78 is 20.8. The smallest absolute Gasteiger partial charge is 0.410 e. The van der Waals surface area contributed by atoms with Gasteiger partial charge < -0.3 is 15.0 Å². The third-order valence-electron chi connectivity index (χ3n) is 6.80. The second-order valence-electron chi connectivity index (χ2n) is 10.4. The molecule has 32 heavy (non-hydrogen) atoms. The highest BCUT2D eigenvalue weighted by molar-refractivity contribution is 5.67. The Bertz CT molecular complexity index is 900. The molecule has 2 aromatic rings. The number of ether oxygens (including phenoxy) is 1. The van der Waals surface area contributed by atoms with Crippen molar-refractivity contribution in [3.8, 4) is 0 Å². The molecule has 1 saturated carbocycles. The Morgan fingerprint density at radius 1 is 1.09 bits per heavy atom. The van der Waals surface area contributed by atoms with Crippen LogP contribution in [-0.2, 0) is 16.8 Å². The van der Waals surface area contributed by atoms with Crippen molar-refractivity contribution in [1.29, 1.82) is 0 Å². The summed E-state index contributed by atoms with van der Waals surface area (Å²) in [7, 11) is 0. The number of rotatable bonds is 6. The predicted octanol–water partition coefficient (Wildman–Crippen LogP) is 5.57. The largest absolute Gasteiger partial charge is 0.445 e. The van der Waals surface area contributed by atoms with Gasteiger partial charge in [0.2, 0.25) is 0 Å². The van der Waals surface area contributed by atoms with Crippen LogP contribution >= 0.6 is 0 Å². The normalized spacial score (nSPS) is 22.4. The summed E-state index contributed by atoms with van der Waals surface area (Å²) in [6.45, 7) is 7.90. The Balaban J connectivity index is 1.18. The lowest BCUT2D eigenvalue weighted by Gasteiger charge is -2.36. The van der Waals surface area contributed by atoms with Gasteiger partial charge in [-0.2, -0.15) is 0 Å². The van der Waals surface area contributed by atoms with Gasteiger partial charge in [0, 0.05) is 44.4 Å². The van der Waals surface area contributed by atoms with Crippen LogP contribution in [0.1, 0.15) is 62.6 Å². The third-order valence-corrected chi connectivity index (χ3v) is 6.80. The molecule has 1 aliphatic carbocycles. The van der Waals surface area contributed by atoms with Gasteiger partial charge in [0.05, 0.1) is 0 Å². The van der Waals surface area contributed by atoms with Crippen molar-refractivity contribution in [3.63, 3.8) is 0 Å². The van der Waals surface area contributed by atoms with Crippen LogP contribution in [0.2, 0.25) is 0 Å². The Kier molecular flexibility index (Phi) is 6.57. The van der Waals surface area contributed by atoms with Gasteiger partial charge in [-0.1, -0.05) is 75.4 Å². The molecule has 1 aliphatic heterocycles. The number of benzene rings is 2. The molecule has 2 fully saturated rings. The van der Waals surface area contributed by atoms with Crippen molar-refractivity contribution in [3.05, 3.63) is 71.3 Å². The van der Waals surface area contributed by atoms with Crippen LogP contribution in [0, 0.1) is 0 Å². The average molecular weight is 439 g/mol. The number of likely N-dealkylation sites (tertiary alicyclic amines) is 1. The molecule has 1 heterocycles. The van der Waals surface area contributed by atoms with Crippen LogP contribution < -0.4 is 5.32 Å². The molecular formula is C27H35FN2O2. The molecule has 0 aromatic heterocycles. The van der Waals surface area contributed by atoms with Crippen LogP contribution in [0.25, 0.3) is 0 Å². The highest BCUT2D eigenvalue weighted by Crippen LogP contribution is 2.41. The van der Waals surface area contributed by atoms with E-state index in [2.05, 4.69) is 62.5 Å². The van der Waals surface area contributed by atoms with Gasteiger partial charge in [-0.05, 0) is 28.5 Å². The van der Waals surface area contributed by atoms with Gasteiger partial charge in [0.15, 0.2) is 0 Å². The first kappa shape index (κ1) is 22.8. The molecule has 172 valence electrons. The zero-order valence-electron chi connectivity index (χ0n) is 19.4. The molecule has 1 amide bonds. The summed E-state index contributed by atoms with van der Waals surface area (Å²) in [6, 6.07) is 18.9. The van der Waals surface area contributed by atoms with Crippen molar-refractivity contribution >= 4 is 6.09 Å². The second kappa shape index (κ2) is 9.22. The fraction of sp³-hybridized carbons (Fsp3) is 0.519. The van der Waals surface area contributed by atoms with E-state index in [1.807, 2.05) is 18.2 Å². The molecule has 2 atom stereocenters. The minimum atomic E-state index is -1.26. The Morgan fingerprint density at radius 2 is 1.75 bits per heavy atom. The first-order valence-corrected chi connectivity index (χ1v) is 11.7. The zero-order chi connectivity index (χ0) is 22.8. The van der Waals surface area contributed by atoms with Crippen LogP contribution in [0.5, 0.6) is 0 Å². The molecule has 4 nitrogen and oxygen atoms in total. The Hall–Kier alpha value is -2.40. The van der Waals surface area contributed by atoms with E-state index in [0.717, 1.165) is 12.0 Å². The van der Waals surface area contributed by atoms with Crippen LogP contribution in [0.3, 0.4) is 0 Å². The molecule has 0 spiro atoms. The predicted molar refractivity (Wildman–Crippen MR) is 126 cm³/mol. The number of piperidine rings is 1. The summed E-state index contributed by atoms with van der Waals surface area (Å²) >= 11 is 0. The standard InChI is InChI=1S/C27H35FN2O2/c1-26(2,3)22-11-9-20(10-12-22)18-32-25(31)30-15-13-27(28,14-16-30)19-29-24-17-23(24)21-7-5-4-6-8-21/h4-12,23-24,29H,13-19H2,1-3H3. The molecule has 0 radical (unpaired) electrons. The molecule has 1 saturated heterocycles. The topological polar surface area (TPSA) is 41.6 Å². The van der Waals surface area contributed by atoms with Gasteiger partial charge >= 0.3 is 6.09 Å². The maximum Gasteiger partial charge on any atom is 0.410 e. The minimum absolute atomic E-state index is 0.0959. The van der Waals surface area contributed by atoms with E-state index in [-0.39, 0.29) is 18.1 Å². The maximum absolute atomic E-state index is 15.3. The number of nitrogens with one attached hydrogen (secondary N) is 1. The van der Waals surface area contributed by atoms with Crippen molar-refractivity contribution < 1.29 is 13.9 Å². The van der Waals surface area contributed by atoms with Gasteiger partial charge in [0.1, 0.15) is 12.3 Å². The number of nitrogens with zero attached hydrogens (tertiary/aromatic N) is 1. The van der Waals surface area contributed by atoms with Crippen molar-refractivity contribution in [2.24, 2.45) is 0 Å². The first-order chi connectivity index (χ1) is 15.2. The van der Waals surface area contributed by atoms with E-state index in [9.17, 15) is 4.79 Å². The maximum atomic E-state index is 15.3. The van der Waals surface area contributed by atoms with Gasteiger partial charge in [-0.15, -0.1) is 0 Å². The SMILES string of the molecule is CC(C)(C)c1ccc(COC(=O)N2CCC(F)(CNC3CC3c3ccccc3)CC2)cc1. The van der Waals surface area contributed by atoms with E-state index in [1.54, 1.807) is 4.90 Å². The fourth-order valence-corrected chi connectivity index (χ4v) is 4.41. The molecular weight excluding hydrogens is 403 g/mol. The number of carbonyl (C=O) groups is 1. The van der Waals surface area contributed by atoms with E-state index in [1.165, 1.54) is 11.1 Å². The second-order valence-corrected chi connectivity index (χ2v) is 10.4. The molecule has 0 bridgehead atoms. The Morgan fingerprint density at radius 3 is 2.38 bits per heavy atom.